The molecular weight excluding hydrogens is 384 g/mol. The van der Waals surface area contributed by atoms with E-state index in [9.17, 15) is 14.9 Å². The summed E-state index contributed by atoms with van der Waals surface area (Å²) in [6.45, 7) is 6.73. The van der Waals surface area contributed by atoms with Gasteiger partial charge in [0, 0.05) is 17.2 Å². The van der Waals surface area contributed by atoms with E-state index in [2.05, 4.69) is 0 Å². The molecule has 0 saturated heterocycles. The normalized spacial score (nSPS) is 11.2. The molecule has 0 heterocycles. The molecule has 0 aliphatic heterocycles. The van der Waals surface area contributed by atoms with Crippen molar-refractivity contribution in [3.63, 3.8) is 0 Å². The molecule has 0 radical (unpaired) electrons. The quantitative estimate of drug-likeness (QED) is 0.314. The Labute approximate surface area is 170 Å². The maximum atomic E-state index is 12.2. The number of nitro groups is 1. The summed E-state index contributed by atoms with van der Waals surface area (Å²) in [6.07, 6.45) is -0.541. The van der Waals surface area contributed by atoms with Crippen LogP contribution in [-0.4, -0.2) is 73.3 Å². The fourth-order valence-corrected chi connectivity index (χ4v) is 2.45. The van der Waals surface area contributed by atoms with E-state index < -0.39 is 16.6 Å². The van der Waals surface area contributed by atoms with Crippen LogP contribution in [0.15, 0.2) is 18.2 Å². The molecule has 0 fully saturated rings. The minimum absolute atomic E-state index is 0.0548. The lowest BCUT2D eigenvalue weighted by molar-refractivity contribution is -0.386. The van der Waals surface area contributed by atoms with Gasteiger partial charge in [-0.05, 0) is 20.8 Å². The van der Waals surface area contributed by atoms with E-state index in [1.165, 1.54) is 18.1 Å². The third kappa shape index (κ3) is 8.22. The zero-order valence-corrected chi connectivity index (χ0v) is 17.4. The highest BCUT2D eigenvalue weighted by Crippen LogP contribution is 2.33. The van der Waals surface area contributed by atoms with Gasteiger partial charge >= 0.3 is 11.8 Å². The van der Waals surface area contributed by atoms with Crippen LogP contribution in [0.3, 0.4) is 0 Å². The van der Waals surface area contributed by atoms with Crippen molar-refractivity contribution >= 4 is 11.8 Å². The van der Waals surface area contributed by atoms with Crippen molar-refractivity contribution in [1.82, 2.24) is 4.90 Å². The SMILES string of the molecule is COC(=O)N(Cc1cccc([N+](=O)[O-])c1OCCOCCOCCO)C(C)(C)C. The highest BCUT2D eigenvalue weighted by molar-refractivity contribution is 5.69. The van der Waals surface area contributed by atoms with Gasteiger partial charge in [-0.25, -0.2) is 4.79 Å². The van der Waals surface area contributed by atoms with E-state index >= 15 is 0 Å². The van der Waals surface area contributed by atoms with Gasteiger partial charge in [0.25, 0.3) is 0 Å². The molecule has 1 aromatic carbocycles. The van der Waals surface area contributed by atoms with Crippen LogP contribution in [-0.2, 0) is 20.8 Å². The van der Waals surface area contributed by atoms with E-state index in [0.29, 0.717) is 18.8 Å². The number of carbonyl (C=O) groups excluding carboxylic acids is 1. The van der Waals surface area contributed by atoms with Gasteiger partial charge in [0.05, 0.1) is 51.6 Å². The van der Waals surface area contributed by atoms with Crippen molar-refractivity contribution in [3.05, 3.63) is 33.9 Å². The van der Waals surface area contributed by atoms with Gasteiger partial charge in [-0.1, -0.05) is 12.1 Å². The number of amides is 1. The predicted octanol–water partition coefficient (Wildman–Crippen LogP) is 2.37. The lowest BCUT2D eigenvalue weighted by atomic mass is 10.0. The van der Waals surface area contributed by atoms with Crippen molar-refractivity contribution in [1.29, 1.82) is 0 Å². The number of hydrogen-bond acceptors (Lipinski definition) is 8. The molecule has 0 aliphatic carbocycles. The Hall–Kier alpha value is -2.43. The molecule has 0 unspecified atom stereocenters. The van der Waals surface area contributed by atoms with Gasteiger partial charge in [0.1, 0.15) is 6.61 Å². The number of para-hydroxylation sites is 1. The van der Waals surface area contributed by atoms with Crippen LogP contribution in [0.4, 0.5) is 10.5 Å². The topological polar surface area (TPSA) is 121 Å². The zero-order valence-electron chi connectivity index (χ0n) is 17.4. The molecule has 0 aromatic heterocycles. The minimum Gasteiger partial charge on any atom is -0.484 e. The van der Waals surface area contributed by atoms with Crippen molar-refractivity contribution in [2.24, 2.45) is 0 Å². The number of hydrogen-bond donors (Lipinski definition) is 1. The summed E-state index contributed by atoms with van der Waals surface area (Å²) < 4.78 is 20.9. The van der Waals surface area contributed by atoms with Gasteiger partial charge in [-0.3, -0.25) is 15.0 Å². The molecule has 164 valence electrons. The maximum absolute atomic E-state index is 12.2. The molecule has 1 aromatic rings. The molecule has 10 heteroatoms. The van der Waals surface area contributed by atoms with Crippen LogP contribution in [0, 0.1) is 10.1 Å². The van der Waals surface area contributed by atoms with Crippen LogP contribution >= 0.6 is 0 Å². The van der Waals surface area contributed by atoms with Crippen molar-refractivity contribution in [2.45, 2.75) is 32.9 Å². The molecule has 0 saturated carbocycles. The second-order valence-corrected chi connectivity index (χ2v) is 7.05. The largest absolute Gasteiger partial charge is 0.484 e. The Bertz CT molecular complexity index is 660. The highest BCUT2D eigenvalue weighted by atomic mass is 16.6. The van der Waals surface area contributed by atoms with Crippen molar-refractivity contribution < 1.29 is 33.8 Å². The maximum Gasteiger partial charge on any atom is 0.410 e. The molecule has 1 rings (SSSR count). The smallest absolute Gasteiger partial charge is 0.410 e. The molecule has 0 aliphatic rings. The van der Waals surface area contributed by atoms with Crippen molar-refractivity contribution in [3.8, 4) is 5.75 Å². The average molecular weight is 414 g/mol. The number of nitrogens with zero attached hydrogens (tertiary/aromatic N) is 2. The van der Waals surface area contributed by atoms with Gasteiger partial charge in [0.2, 0.25) is 5.75 Å². The predicted molar refractivity (Wildman–Crippen MR) is 105 cm³/mol. The third-order valence-corrected chi connectivity index (χ3v) is 3.89. The lowest BCUT2D eigenvalue weighted by Crippen LogP contribution is -2.45. The number of ether oxygens (including phenoxy) is 4. The molecule has 1 N–H and O–H groups in total. The molecule has 0 spiro atoms. The standard InChI is InChI=1S/C19H30N2O8/c1-19(2,3)20(18(23)26-4)14-15-6-5-7-16(21(24)25)17(15)29-13-12-28-11-10-27-9-8-22/h5-7,22H,8-14H2,1-4H3. The van der Waals surface area contributed by atoms with Gasteiger partial charge in [0.15, 0.2) is 0 Å². The molecule has 29 heavy (non-hydrogen) atoms. The summed E-state index contributed by atoms with van der Waals surface area (Å²) in [7, 11) is 1.29. The van der Waals surface area contributed by atoms with Gasteiger partial charge < -0.3 is 24.1 Å². The van der Waals surface area contributed by atoms with E-state index in [4.69, 9.17) is 24.1 Å². The van der Waals surface area contributed by atoms with E-state index in [1.54, 1.807) is 12.1 Å². The molecule has 1 amide bonds. The molecule has 0 bridgehead atoms. The highest BCUT2D eigenvalue weighted by Gasteiger charge is 2.30. The number of rotatable bonds is 12. The second-order valence-electron chi connectivity index (χ2n) is 7.05. The Balaban J connectivity index is 2.87. The van der Waals surface area contributed by atoms with Crippen LogP contribution in [0.2, 0.25) is 0 Å². The number of aliphatic hydroxyl groups excluding tert-OH is 1. The summed E-state index contributed by atoms with van der Waals surface area (Å²) in [4.78, 5) is 24.6. The number of carbonyl (C=O) groups is 1. The van der Waals surface area contributed by atoms with E-state index in [0.717, 1.165) is 0 Å². The third-order valence-electron chi connectivity index (χ3n) is 3.89. The van der Waals surface area contributed by atoms with Crippen LogP contribution in [0.5, 0.6) is 5.75 Å². The Morgan fingerprint density at radius 2 is 1.76 bits per heavy atom. The summed E-state index contributed by atoms with van der Waals surface area (Å²) in [5.74, 6) is 0.0933. The lowest BCUT2D eigenvalue weighted by Gasteiger charge is -2.34. The average Bonchev–Trinajstić information content (AvgIpc) is 2.66. The summed E-state index contributed by atoms with van der Waals surface area (Å²) in [6, 6.07) is 4.57. The van der Waals surface area contributed by atoms with Gasteiger partial charge in [-0.2, -0.15) is 0 Å². The van der Waals surface area contributed by atoms with Crippen LogP contribution < -0.4 is 4.74 Å². The first-order valence-corrected chi connectivity index (χ1v) is 9.23. The first-order chi connectivity index (χ1) is 13.7. The zero-order chi connectivity index (χ0) is 21.9. The Morgan fingerprint density at radius 3 is 2.31 bits per heavy atom. The number of aliphatic hydroxyl groups is 1. The first kappa shape index (κ1) is 24.6. The fourth-order valence-electron chi connectivity index (χ4n) is 2.45. The van der Waals surface area contributed by atoms with E-state index in [1.807, 2.05) is 20.8 Å². The van der Waals surface area contributed by atoms with Crippen molar-refractivity contribution in [2.75, 3.05) is 46.8 Å². The second kappa shape index (κ2) is 12.2. The Morgan fingerprint density at radius 1 is 1.14 bits per heavy atom. The van der Waals surface area contributed by atoms with Crippen LogP contribution in [0.1, 0.15) is 26.3 Å². The Kier molecular flexibility index (Phi) is 10.4. The van der Waals surface area contributed by atoms with Gasteiger partial charge in [-0.15, -0.1) is 0 Å². The number of benzene rings is 1. The summed E-state index contributed by atoms with van der Waals surface area (Å²) in [5, 5.41) is 20.1. The molecule has 10 nitrogen and oxygen atoms in total. The minimum atomic E-state index is -0.563. The summed E-state index contributed by atoms with van der Waals surface area (Å²) in [5.41, 5.74) is -0.259. The van der Waals surface area contributed by atoms with Crippen LogP contribution in [0.25, 0.3) is 0 Å². The van der Waals surface area contributed by atoms with E-state index in [-0.39, 0.29) is 44.4 Å². The number of methoxy groups -OCH3 is 1. The summed E-state index contributed by atoms with van der Waals surface area (Å²) >= 11 is 0. The monoisotopic (exact) mass is 414 g/mol. The molecule has 0 atom stereocenters. The fraction of sp³-hybridized carbons (Fsp3) is 0.632. The number of nitro benzene ring substituents is 1. The first-order valence-electron chi connectivity index (χ1n) is 9.23. The molecular formula is C19H30N2O8.